The minimum Gasteiger partial charge on any atom is -0.489 e. The van der Waals surface area contributed by atoms with E-state index in [9.17, 15) is 0 Å². The zero-order valence-electron chi connectivity index (χ0n) is 7.38. The Bertz CT molecular complexity index is 312. The van der Waals surface area contributed by atoms with Gasteiger partial charge in [-0.15, -0.1) is 0 Å². The van der Waals surface area contributed by atoms with Gasteiger partial charge in [-0.3, -0.25) is 0 Å². The Labute approximate surface area is 91.0 Å². The zero-order chi connectivity index (χ0) is 9.26. The van der Waals surface area contributed by atoms with Crippen LogP contribution in [0.25, 0.3) is 0 Å². The minimum atomic E-state index is 0.437. The first kappa shape index (κ1) is 9.05. The van der Waals surface area contributed by atoms with Gasteiger partial charge in [0.25, 0.3) is 0 Å². The second-order valence-electron chi connectivity index (χ2n) is 3.08. The number of hydrogen-bond acceptors (Lipinski definition) is 3. The second kappa shape index (κ2) is 3.69. The lowest BCUT2D eigenvalue weighted by Gasteiger charge is -2.07. The summed E-state index contributed by atoms with van der Waals surface area (Å²) in [5.41, 5.74) is 1.03. The van der Waals surface area contributed by atoms with E-state index in [4.69, 9.17) is 4.74 Å². The number of halogens is 1. The molecule has 0 saturated heterocycles. The highest BCUT2D eigenvalue weighted by Gasteiger charge is 2.23. The van der Waals surface area contributed by atoms with E-state index in [2.05, 4.69) is 32.9 Å². The maximum atomic E-state index is 5.62. The van der Waals surface area contributed by atoms with Crippen molar-refractivity contribution in [3.05, 3.63) is 16.0 Å². The van der Waals surface area contributed by atoms with Gasteiger partial charge in [-0.25, -0.2) is 4.98 Å². The Balaban J connectivity index is 2.16. The minimum absolute atomic E-state index is 0.437. The summed E-state index contributed by atoms with van der Waals surface area (Å²) in [7, 11) is 1.89. The molecule has 0 aromatic carbocycles. The first-order valence-electron chi connectivity index (χ1n) is 4.29. The van der Waals surface area contributed by atoms with Gasteiger partial charge in [-0.1, -0.05) is 0 Å². The lowest BCUT2D eigenvalue weighted by molar-refractivity contribution is 0.302. The van der Waals surface area contributed by atoms with Crippen LogP contribution in [-0.2, 0) is 0 Å². The van der Waals surface area contributed by atoms with Gasteiger partial charge in [0, 0.05) is 13.1 Å². The normalized spacial score (nSPS) is 15.5. The highest BCUT2D eigenvalue weighted by molar-refractivity contribution is 14.1. The molecule has 0 atom stereocenters. The average molecular weight is 290 g/mol. The molecular weight excluding hydrogens is 279 g/mol. The van der Waals surface area contributed by atoms with Crippen LogP contribution in [0.15, 0.2) is 12.3 Å². The van der Waals surface area contributed by atoms with E-state index in [-0.39, 0.29) is 0 Å². The molecule has 0 amide bonds. The van der Waals surface area contributed by atoms with E-state index in [1.165, 1.54) is 12.8 Å². The van der Waals surface area contributed by atoms with E-state index in [1.807, 2.05) is 13.1 Å². The molecule has 4 heteroatoms. The number of rotatable bonds is 3. The lowest BCUT2D eigenvalue weighted by atomic mass is 10.4. The molecule has 0 unspecified atom stereocenters. The topological polar surface area (TPSA) is 34.1 Å². The van der Waals surface area contributed by atoms with Crippen LogP contribution in [-0.4, -0.2) is 18.1 Å². The first-order valence-corrected chi connectivity index (χ1v) is 5.37. The van der Waals surface area contributed by atoms with Crippen LogP contribution in [0.4, 0.5) is 5.69 Å². The van der Waals surface area contributed by atoms with Gasteiger partial charge in [0.2, 0.25) is 0 Å². The van der Waals surface area contributed by atoms with Gasteiger partial charge < -0.3 is 10.1 Å². The molecule has 1 aromatic rings. The van der Waals surface area contributed by atoms with Crippen LogP contribution in [0.1, 0.15) is 12.8 Å². The van der Waals surface area contributed by atoms with Gasteiger partial charge in [-0.05, 0) is 35.4 Å². The second-order valence-corrected chi connectivity index (χ2v) is 4.10. The predicted molar refractivity (Wildman–Crippen MR) is 60.2 cm³/mol. The third-order valence-corrected chi connectivity index (χ3v) is 2.77. The Hall–Kier alpha value is -0.520. The maximum absolute atomic E-state index is 5.62. The molecule has 3 nitrogen and oxygen atoms in total. The van der Waals surface area contributed by atoms with Crippen molar-refractivity contribution < 1.29 is 4.74 Å². The average Bonchev–Trinajstić information content (AvgIpc) is 2.92. The van der Waals surface area contributed by atoms with Gasteiger partial charge in [0.05, 0.1) is 18.0 Å². The van der Waals surface area contributed by atoms with E-state index in [0.29, 0.717) is 6.10 Å². The standard InChI is InChI=1S/C9H11IN2O/c1-11-8-4-7(5-12-9(8)10)13-6-2-3-6/h4-6,11H,2-3H2,1H3. The van der Waals surface area contributed by atoms with Crippen LogP contribution in [0.5, 0.6) is 5.75 Å². The van der Waals surface area contributed by atoms with E-state index in [0.717, 1.165) is 15.1 Å². The molecule has 0 bridgehead atoms. The number of nitrogens with zero attached hydrogens (tertiary/aromatic N) is 1. The predicted octanol–water partition coefficient (Wildman–Crippen LogP) is 2.27. The fourth-order valence-corrected chi connectivity index (χ4v) is 1.61. The van der Waals surface area contributed by atoms with Crippen LogP contribution >= 0.6 is 22.6 Å². The number of anilines is 1. The summed E-state index contributed by atoms with van der Waals surface area (Å²) in [6.07, 6.45) is 4.58. The summed E-state index contributed by atoms with van der Waals surface area (Å²) in [5.74, 6) is 0.868. The smallest absolute Gasteiger partial charge is 0.140 e. The number of hydrogen-bond donors (Lipinski definition) is 1. The Morgan fingerprint density at radius 3 is 3.00 bits per heavy atom. The number of aromatic nitrogens is 1. The third-order valence-electron chi connectivity index (χ3n) is 1.91. The largest absolute Gasteiger partial charge is 0.489 e. The van der Waals surface area contributed by atoms with Crippen LogP contribution in [0.2, 0.25) is 0 Å². The lowest BCUT2D eigenvalue weighted by Crippen LogP contribution is -1.99. The summed E-state index contributed by atoms with van der Waals surface area (Å²) in [6.45, 7) is 0. The quantitative estimate of drug-likeness (QED) is 0.685. The summed E-state index contributed by atoms with van der Waals surface area (Å²) in [4.78, 5) is 4.23. The van der Waals surface area contributed by atoms with Crippen LogP contribution in [0, 0.1) is 3.70 Å². The van der Waals surface area contributed by atoms with Gasteiger partial charge in [-0.2, -0.15) is 0 Å². The molecule has 0 spiro atoms. The van der Waals surface area contributed by atoms with Gasteiger partial charge in [0.1, 0.15) is 9.45 Å². The Morgan fingerprint density at radius 2 is 2.38 bits per heavy atom. The first-order chi connectivity index (χ1) is 6.29. The van der Waals surface area contributed by atoms with Crippen LogP contribution in [0.3, 0.4) is 0 Å². The molecular formula is C9H11IN2O. The molecule has 1 N–H and O–H groups in total. The molecule has 13 heavy (non-hydrogen) atoms. The maximum Gasteiger partial charge on any atom is 0.140 e. The molecule has 0 aliphatic heterocycles. The monoisotopic (exact) mass is 290 g/mol. The molecule has 0 radical (unpaired) electrons. The fourth-order valence-electron chi connectivity index (χ4n) is 1.05. The molecule has 70 valence electrons. The van der Waals surface area contributed by atoms with E-state index >= 15 is 0 Å². The molecule has 1 aliphatic rings. The Morgan fingerprint density at radius 1 is 1.62 bits per heavy atom. The molecule has 1 saturated carbocycles. The Kier molecular flexibility index (Phi) is 2.57. The summed E-state index contributed by atoms with van der Waals surface area (Å²) >= 11 is 2.20. The number of pyridine rings is 1. The molecule has 1 aliphatic carbocycles. The summed E-state index contributed by atoms with van der Waals surface area (Å²) < 4.78 is 6.59. The van der Waals surface area contributed by atoms with Crippen molar-refractivity contribution in [3.8, 4) is 5.75 Å². The highest BCUT2D eigenvalue weighted by atomic mass is 127. The van der Waals surface area contributed by atoms with E-state index in [1.54, 1.807) is 6.20 Å². The molecule has 1 aromatic heterocycles. The van der Waals surface area contributed by atoms with Crippen molar-refractivity contribution in [1.29, 1.82) is 0 Å². The SMILES string of the molecule is CNc1cc(OC2CC2)cnc1I. The van der Waals surface area contributed by atoms with Crippen molar-refractivity contribution in [2.75, 3.05) is 12.4 Å². The fraction of sp³-hybridized carbons (Fsp3) is 0.444. The third kappa shape index (κ3) is 2.24. The summed E-state index contributed by atoms with van der Waals surface area (Å²) in [6, 6.07) is 1.99. The van der Waals surface area contributed by atoms with Gasteiger partial charge >= 0.3 is 0 Å². The zero-order valence-corrected chi connectivity index (χ0v) is 9.54. The van der Waals surface area contributed by atoms with Gasteiger partial charge in [0.15, 0.2) is 0 Å². The highest BCUT2D eigenvalue weighted by Crippen LogP contribution is 2.28. The molecule has 2 rings (SSSR count). The number of ether oxygens (including phenoxy) is 1. The van der Waals surface area contributed by atoms with Crippen molar-refractivity contribution in [3.63, 3.8) is 0 Å². The van der Waals surface area contributed by atoms with Crippen molar-refractivity contribution in [1.82, 2.24) is 4.98 Å². The van der Waals surface area contributed by atoms with Crippen molar-refractivity contribution >= 4 is 28.3 Å². The van der Waals surface area contributed by atoms with E-state index < -0.39 is 0 Å². The van der Waals surface area contributed by atoms with Crippen LogP contribution < -0.4 is 10.1 Å². The molecule has 1 fully saturated rings. The molecule has 1 heterocycles. The summed E-state index contributed by atoms with van der Waals surface area (Å²) in [5, 5.41) is 3.08. The van der Waals surface area contributed by atoms with Crippen molar-refractivity contribution in [2.24, 2.45) is 0 Å². The van der Waals surface area contributed by atoms with Crippen molar-refractivity contribution in [2.45, 2.75) is 18.9 Å². The number of nitrogens with one attached hydrogen (secondary N) is 1.